The summed E-state index contributed by atoms with van der Waals surface area (Å²) in [5.41, 5.74) is 5.17. The molecule has 2 N–H and O–H groups in total. The second-order valence-corrected chi connectivity index (χ2v) is 4.28. The summed E-state index contributed by atoms with van der Waals surface area (Å²) >= 11 is 0. The maximum atomic E-state index is 9.34. The number of fused-ring (bicyclic) bond motifs is 1. The summed E-state index contributed by atoms with van der Waals surface area (Å²) in [5.74, 6) is 0.742. The molecule has 114 valence electrons. The minimum absolute atomic E-state index is 0.713. The molecule has 0 amide bonds. The molecule has 0 saturated carbocycles. The van der Waals surface area contributed by atoms with Crippen LogP contribution in [0.3, 0.4) is 0 Å². The number of ether oxygens (including phenoxy) is 1. The van der Waals surface area contributed by atoms with E-state index in [9.17, 15) is 5.26 Å². The van der Waals surface area contributed by atoms with Crippen LogP contribution in [0.25, 0.3) is 10.9 Å². The number of nitriles is 1. The van der Waals surface area contributed by atoms with Crippen LogP contribution in [-0.4, -0.2) is 18.8 Å². The molecule has 0 aliphatic rings. The van der Waals surface area contributed by atoms with Crippen LogP contribution in [0.5, 0.6) is 5.75 Å². The van der Waals surface area contributed by atoms with E-state index in [1.807, 2.05) is 32.9 Å². The van der Waals surface area contributed by atoms with Crippen molar-refractivity contribution in [2.45, 2.75) is 34.2 Å². The molecule has 2 rings (SSSR count). The number of hydrogen-bond donors (Lipinski definition) is 1. The van der Waals surface area contributed by atoms with Crippen LogP contribution in [0.1, 0.15) is 32.0 Å². The molecule has 0 atom stereocenters. The lowest BCUT2D eigenvalue weighted by atomic mass is 10.1. The van der Waals surface area contributed by atoms with Gasteiger partial charge in [-0.05, 0) is 13.8 Å². The number of aromatic nitrogens is 1. The van der Waals surface area contributed by atoms with Crippen molar-refractivity contribution in [1.29, 1.82) is 5.26 Å². The Morgan fingerprint density at radius 1 is 1.29 bits per heavy atom. The molecular formula is C16H24N3O2+. The third kappa shape index (κ3) is 3.02. The van der Waals surface area contributed by atoms with Gasteiger partial charge in [0.05, 0.1) is 25.3 Å². The third-order valence-electron chi connectivity index (χ3n) is 3.35. The van der Waals surface area contributed by atoms with E-state index < -0.39 is 0 Å². The van der Waals surface area contributed by atoms with Crippen LogP contribution in [0.15, 0.2) is 12.1 Å². The topological polar surface area (TPSA) is 63.8 Å². The van der Waals surface area contributed by atoms with Gasteiger partial charge in [0.15, 0.2) is 5.75 Å². The van der Waals surface area contributed by atoms with E-state index >= 15 is 0 Å². The molecule has 1 aromatic heterocycles. The van der Waals surface area contributed by atoms with Gasteiger partial charge in [0.1, 0.15) is 6.07 Å². The number of aryl methyl sites for hydroxylation is 1. The van der Waals surface area contributed by atoms with E-state index in [0.717, 1.165) is 34.6 Å². The first-order valence-corrected chi connectivity index (χ1v) is 7.14. The zero-order valence-electron chi connectivity index (χ0n) is 13.7. The summed E-state index contributed by atoms with van der Waals surface area (Å²) in [4.78, 5) is 5.06. The van der Waals surface area contributed by atoms with Crippen LogP contribution < -0.4 is 10.2 Å². The highest BCUT2D eigenvalue weighted by atomic mass is 16.6. The Hall–Kier alpha value is -2.03. The number of nitrogens with zero attached hydrogens (tertiary/aromatic N) is 2. The second kappa shape index (κ2) is 7.67. The number of nitrogens with two attached hydrogens (primary N) is 1. The number of methoxy groups -OCH3 is 1. The maximum absolute atomic E-state index is 9.34. The first-order valence-electron chi connectivity index (χ1n) is 7.14. The minimum Gasteiger partial charge on any atom is -0.491 e. The number of hydrogen-bond acceptors (Lipinski definition) is 3. The van der Waals surface area contributed by atoms with E-state index in [0.29, 0.717) is 5.56 Å². The summed E-state index contributed by atoms with van der Waals surface area (Å²) in [6.07, 6.45) is 0. The summed E-state index contributed by atoms with van der Waals surface area (Å²) in [7, 11) is 3.22. The molecule has 0 unspecified atom stereocenters. The zero-order valence-corrected chi connectivity index (χ0v) is 13.7. The van der Waals surface area contributed by atoms with Crippen molar-refractivity contribution in [2.24, 2.45) is 0 Å². The molecule has 1 heterocycles. The van der Waals surface area contributed by atoms with Crippen molar-refractivity contribution >= 4 is 16.6 Å². The molecule has 0 bridgehead atoms. The summed E-state index contributed by atoms with van der Waals surface area (Å²) in [6, 6.07) is 6.18. The fraction of sp³-hybridized carbons (Fsp3) is 0.438. The third-order valence-corrected chi connectivity index (χ3v) is 3.35. The Labute approximate surface area is 126 Å². The van der Waals surface area contributed by atoms with Crippen LogP contribution in [0.2, 0.25) is 0 Å². The molecule has 1 aromatic carbocycles. The highest BCUT2D eigenvalue weighted by molar-refractivity contribution is 5.91. The van der Waals surface area contributed by atoms with E-state index in [2.05, 4.69) is 17.6 Å². The van der Waals surface area contributed by atoms with Gasteiger partial charge >= 0.3 is 0 Å². The van der Waals surface area contributed by atoms with Crippen molar-refractivity contribution < 1.29 is 15.1 Å². The van der Waals surface area contributed by atoms with Gasteiger partial charge < -0.3 is 9.30 Å². The van der Waals surface area contributed by atoms with Crippen molar-refractivity contribution in [3.8, 4) is 11.8 Å². The standard InChI is InChI=1S/C14H17N3O2.C2H6/c1-5-17-9(2)11(8-15)10-6-12(16-19-4)14(18-3)7-13(10)17;1-2/h6-7,16H,5H2,1-4H3;1-2H3/p+1. The predicted molar refractivity (Wildman–Crippen MR) is 83.6 cm³/mol. The quantitative estimate of drug-likeness (QED) is 0.695. The average Bonchev–Trinajstić information content (AvgIpc) is 2.78. The summed E-state index contributed by atoms with van der Waals surface area (Å²) in [5, 5.41) is 10.3. The fourth-order valence-electron chi connectivity index (χ4n) is 2.46. The van der Waals surface area contributed by atoms with Crippen molar-refractivity contribution in [2.75, 3.05) is 14.2 Å². The molecule has 21 heavy (non-hydrogen) atoms. The predicted octanol–water partition coefficient (Wildman–Crippen LogP) is 2.63. The number of quaternary nitrogens is 1. The van der Waals surface area contributed by atoms with E-state index in [4.69, 9.17) is 9.57 Å². The highest BCUT2D eigenvalue weighted by Gasteiger charge is 2.18. The molecule has 0 saturated heterocycles. The lowest BCUT2D eigenvalue weighted by Gasteiger charge is -2.07. The lowest BCUT2D eigenvalue weighted by Crippen LogP contribution is -2.76. The van der Waals surface area contributed by atoms with Crippen LogP contribution >= 0.6 is 0 Å². The smallest absolute Gasteiger partial charge is 0.205 e. The second-order valence-electron chi connectivity index (χ2n) is 4.28. The van der Waals surface area contributed by atoms with E-state index in [1.165, 1.54) is 0 Å². The Balaban J connectivity index is 0.00000106. The number of benzene rings is 1. The van der Waals surface area contributed by atoms with Gasteiger partial charge in [-0.15, -0.1) is 0 Å². The van der Waals surface area contributed by atoms with Crippen LogP contribution in [-0.2, 0) is 11.4 Å². The van der Waals surface area contributed by atoms with Crippen LogP contribution in [0.4, 0.5) is 5.69 Å². The average molecular weight is 290 g/mol. The molecule has 0 aliphatic carbocycles. The normalized spacial score (nSPS) is 9.95. The van der Waals surface area contributed by atoms with E-state index in [1.54, 1.807) is 19.7 Å². The molecule has 2 aromatic rings. The Morgan fingerprint density at radius 2 is 1.95 bits per heavy atom. The molecule has 0 spiro atoms. The lowest BCUT2D eigenvalue weighted by molar-refractivity contribution is -0.830. The SMILES string of the molecule is CC.CCn1c(C)c(C#N)c2cc([NH2+]OC)c(OC)cc21. The van der Waals surface area contributed by atoms with Gasteiger partial charge in [0.25, 0.3) is 0 Å². The highest BCUT2D eigenvalue weighted by Crippen LogP contribution is 2.32. The first kappa shape index (κ1) is 17.0. The van der Waals surface area contributed by atoms with Crippen LogP contribution in [0, 0.1) is 18.3 Å². The molecule has 0 radical (unpaired) electrons. The summed E-state index contributed by atoms with van der Waals surface area (Å²) < 4.78 is 7.50. The van der Waals surface area contributed by atoms with Crippen molar-refractivity contribution in [1.82, 2.24) is 4.57 Å². The molecule has 5 nitrogen and oxygen atoms in total. The maximum Gasteiger partial charge on any atom is 0.205 e. The first-order chi connectivity index (χ1) is 10.2. The Kier molecular flexibility index (Phi) is 6.22. The molecule has 0 aliphatic heterocycles. The minimum atomic E-state index is 0.713. The largest absolute Gasteiger partial charge is 0.491 e. The molecule has 5 heteroatoms. The van der Waals surface area contributed by atoms with Gasteiger partial charge in [0.2, 0.25) is 5.69 Å². The van der Waals surface area contributed by atoms with Gasteiger partial charge in [-0.25, -0.2) is 4.84 Å². The van der Waals surface area contributed by atoms with Gasteiger partial charge in [-0.1, -0.05) is 13.8 Å². The van der Waals surface area contributed by atoms with E-state index in [-0.39, 0.29) is 0 Å². The molecule has 0 fully saturated rings. The van der Waals surface area contributed by atoms with Gasteiger partial charge in [-0.2, -0.15) is 10.7 Å². The number of rotatable bonds is 4. The zero-order chi connectivity index (χ0) is 16.0. The van der Waals surface area contributed by atoms with Crippen molar-refractivity contribution in [3.63, 3.8) is 0 Å². The Morgan fingerprint density at radius 3 is 2.43 bits per heavy atom. The fourth-order valence-corrected chi connectivity index (χ4v) is 2.46. The monoisotopic (exact) mass is 290 g/mol. The van der Waals surface area contributed by atoms with Gasteiger partial charge in [0, 0.05) is 29.8 Å². The summed E-state index contributed by atoms with van der Waals surface area (Å²) in [6.45, 7) is 8.85. The Bertz CT molecular complexity index is 654. The van der Waals surface area contributed by atoms with Crippen molar-refractivity contribution in [3.05, 3.63) is 23.4 Å². The molecular weight excluding hydrogens is 266 g/mol. The van der Waals surface area contributed by atoms with Gasteiger partial charge in [-0.3, -0.25) is 0 Å².